The SMILES string of the molecule is CSCc1nc(-c2ccc(Br)cc2)cs1. The van der Waals surface area contributed by atoms with Crippen LogP contribution >= 0.6 is 39.0 Å². The summed E-state index contributed by atoms with van der Waals surface area (Å²) in [4.78, 5) is 4.58. The lowest BCUT2D eigenvalue weighted by Crippen LogP contribution is -1.80. The molecule has 2 aromatic rings. The quantitative estimate of drug-likeness (QED) is 0.831. The topological polar surface area (TPSA) is 12.9 Å². The monoisotopic (exact) mass is 299 g/mol. The van der Waals surface area contributed by atoms with Crippen LogP contribution in [0.3, 0.4) is 0 Å². The molecule has 0 bridgehead atoms. The fourth-order valence-electron chi connectivity index (χ4n) is 1.25. The Morgan fingerprint density at radius 2 is 2.07 bits per heavy atom. The second-order valence-electron chi connectivity index (χ2n) is 3.07. The van der Waals surface area contributed by atoms with E-state index < -0.39 is 0 Å². The summed E-state index contributed by atoms with van der Waals surface area (Å²) in [5, 5.41) is 3.31. The van der Waals surface area contributed by atoms with Crippen molar-refractivity contribution in [2.75, 3.05) is 6.26 Å². The van der Waals surface area contributed by atoms with Gasteiger partial charge in [-0.1, -0.05) is 28.1 Å². The van der Waals surface area contributed by atoms with Crippen LogP contribution in [0.1, 0.15) is 5.01 Å². The van der Waals surface area contributed by atoms with Gasteiger partial charge in [-0.3, -0.25) is 0 Å². The average molecular weight is 300 g/mol. The second-order valence-corrected chi connectivity index (χ2v) is 5.79. The first-order chi connectivity index (χ1) is 7.29. The van der Waals surface area contributed by atoms with Gasteiger partial charge in [0.1, 0.15) is 5.01 Å². The summed E-state index contributed by atoms with van der Waals surface area (Å²) in [5.41, 5.74) is 2.26. The number of halogens is 1. The van der Waals surface area contributed by atoms with E-state index in [1.165, 1.54) is 10.6 Å². The Bertz CT molecular complexity index is 436. The fraction of sp³-hybridized carbons (Fsp3) is 0.182. The van der Waals surface area contributed by atoms with Crippen LogP contribution in [0.5, 0.6) is 0 Å². The van der Waals surface area contributed by atoms with E-state index in [1.807, 2.05) is 12.1 Å². The van der Waals surface area contributed by atoms with E-state index >= 15 is 0 Å². The summed E-state index contributed by atoms with van der Waals surface area (Å²) >= 11 is 6.96. The molecule has 0 N–H and O–H groups in total. The van der Waals surface area contributed by atoms with Gasteiger partial charge < -0.3 is 0 Å². The fourth-order valence-corrected chi connectivity index (χ4v) is 3.04. The van der Waals surface area contributed by atoms with Gasteiger partial charge in [-0.15, -0.1) is 11.3 Å². The highest BCUT2D eigenvalue weighted by Crippen LogP contribution is 2.24. The van der Waals surface area contributed by atoms with Crippen molar-refractivity contribution in [2.45, 2.75) is 5.75 Å². The Labute approximate surface area is 106 Å². The van der Waals surface area contributed by atoms with E-state index in [4.69, 9.17) is 0 Å². The van der Waals surface area contributed by atoms with Crippen molar-refractivity contribution in [1.82, 2.24) is 4.98 Å². The summed E-state index contributed by atoms with van der Waals surface area (Å²) in [6, 6.07) is 8.26. The molecule has 0 atom stereocenters. The lowest BCUT2D eigenvalue weighted by Gasteiger charge is -1.96. The summed E-state index contributed by atoms with van der Waals surface area (Å²) in [5.74, 6) is 1.00. The van der Waals surface area contributed by atoms with Crippen LogP contribution in [0.2, 0.25) is 0 Å². The number of hydrogen-bond acceptors (Lipinski definition) is 3. The Balaban J connectivity index is 2.25. The van der Waals surface area contributed by atoms with Crippen molar-refractivity contribution >= 4 is 39.0 Å². The lowest BCUT2D eigenvalue weighted by atomic mass is 10.2. The molecule has 1 nitrogen and oxygen atoms in total. The first-order valence-electron chi connectivity index (χ1n) is 4.49. The third-order valence-electron chi connectivity index (χ3n) is 1.96. The first-order valence-corrected chi connectivity index (χ1v) is 7.55. The van der Waals surface area contributed by atoms with Crippen LogP contribution < -0.4 is 0 Å². The smallest absolute Gasteiger partial charge is 0.103 e. The van der Waals surface area contributed by atoms with Crippen molar-refractivity contribution in [2.24, 2.45) is 0 Å². The van der Waals surface area contributed by atoms with Crippen LogP contribution in [0.4, 0.5) is 0 Å². The van der Waals surface area contributed by atoms with Gasteiger partial charge in [-0.25, -0.2) is 4.98 Å². The maximum absolute atomic E-state index is 4.58. The van der Waals surface area contributed by atoms with E-state index in [0.717, 1.165) is 15.9 Å². The number of benzene rings is 1. The molecule has 0 aliphatic rings. The highest BCUT2D eigenvalue weighted by Gasteiger charge is 2.03. The molecular weight excluding hydrogens is 290 g/mol. The minimum Gasteiger partial charge on any atom is -0.240 e. The number of thiazole rings is 1. The van der Waals surface area contributed by atoms with Crippen molar-refractivity contribution < 1.29 is 0 Å². The van der Waals surface area contributed by atoms with Crippen molar-refractivity contribution in [3.05, 3.63) is 39.1 Å². The van der Waals surface area contributed by atoms with Gasteiger partial charge >= 0.3 is 0 Å². The molecule has 4 heteroatoms. The molecule has 0 aliphatic carbocycles. The van der Waals surface area contributed by atoms with Gasteiger partial charge in [-0.05, 0) is 18.4 Å². The zero-order chi connectivity index (χ0) is 10.7. The highest BCUT2D eigenvalue weighted by molar-refractivity contribution is 9.10. The van der Waals surface area contributed by atoms with E-state index in [0.29, 0.717) is 0 Å². The zero-order valence-corrected chi connectivity index (χ0v) is 11.5. The summed E-state index contributed by atoms with van der Waals surface area (Å²) in [7, 11) is 0. The van der Waals surface area contributed by atoms with Crippen LogP contribution in [0.25, 0.3) is 11.3 Å². The summed E-state index contributed by atoms with van der Waals surface area (Å²) < 4.78 is 1.10. The minimum absolute atomic E-state index is 1.00. The van der Waals surface area contributed by atoms with Gasteiger partial charge in [0.05, 0.1) is 5.69 Å². The van der Waals surface area contributed by atoms with E-state index in [2.05, 4.69) is 44.7 Å². The second kappa shape index (κ2) is 5.14. The van der Waals surface area contributed by atoms with Gasteiger partial charge in [0.2, 0.25) is 0 Å². The molecule has 1 aromatic carbocycles. The van der Waals surface area contributed by atoms with E-state index in [1.54, 1.807) is 23.1 Å². The van der Waals surface area contributed by atoms with Crippen LogP contribution in [0.15, 0.2) is 34.1 Å². The molecule has 0 fully saturated rings. The molecule has 15 heavy (non-hydrogen) atoms. The van der Waals surface area contributed by atoms with Crippen molar-refractivity contribution in [3.63, 3.8) is 0 Å². The van der Waals surface area contributed by atoms with Crippen molar-refractivity contribution in [1.29, 1.82) is 0 Å². The summed E-state index contributed by atoms with van der Waals surface area (Å²) in [6.07, 6.45) is 2.10. The van der Waals surface area contributed by atoms with Crippen LogP contribution in [-0.4, -0.2) is 11.2 Å². The molecule has 1 aromatic heterocycles. The van der Waals surface area contributed by atoms with E-state index in [-0.39, 0.29) is 0 Å². The molecule has 0 unspecified atom stereocenters. The predicted molar refractivity (Wildman–Crippen MR) is 72.5 cm³/mol. The lowest BCUT2D eigenvalue weighted by molar-refractivity contribution is 1.27. The average Bonchev–Trinajstić information content (AvgIpc) is 2.68. The molecule has 0 amide bonds. The largest absolute Gasteiger partial charge is 0.240 e. The van der Waals surface area contributed by atoms with Gasteiger partial charge in [0, 0.05) is 21.2 Å². The Hall–Kier alpha value is -0.320. The van der Waals surface area contributed by atoms with Gasteiger partial charge in [-0.2, -0.15) is 11.8 Å². The molecule has 0 saturated carbocycles. The number of aromatic nitrogens is 1. The van der Waals surface area contributed by atoms with E-state index in [9.17, 15) is 0 Å². The molecule has 78 valence electrons. The van der Waals surface area contributed by atoms with Crippen LogP contribution in [0, 0.1) is 0 Å². The number of thioether (sulfide) groups is 1. The molecular formula is C11H10BrNS2. The number of rotatable bonds is 3. The Morgan fingerprint density at radius 3 is 2.73 bits per heavy atom. The third-order valence-corrected chi connectivity index (χ3v) is 4.08. The maximum Gasteiger partial charge on any atom is 0.103 e. The zero-order valence-electron chi connectivity index (χ0n) is 8.24. The molecule has 0 aliphatic heterocycles. The molecule has 0 saturated heterocycles. The number of hydrogen-bond donors (Lipinski definition) is 0. The summed E-state index contributed by atoms with van der Waals surface area (Å²) in [6.45, 7) is 0. The van der Waals surface area contributed by atoms with Crippen LogP contribution in [-0.2, 0) is 5.75 Å². The minimum atomic E-state index is 1.00. The molecule has 0 spiro atoms. The highest BCUT2D eigenvalue weighted by atomic mass is 79.9. The van der Waals surface area contributed by atoms with Gasteiger partial charge in [0.15, 0.2) is 0 Å². The Morgan fingerprint density at radius 1 is 1.33 bits per heavy atom. The first kappa shape index (κ1) is 11.2. The molecule has 0 radical (unpaired) electrons. The molecule has 2 rings (SSSR count). The number of nitrogens with zero attached hydrogens (tertiary/aromatic N) is 1. The third kappa shape index (κ3) is 2.83. The Kier molecular flexibility index (Phi) is 3.83. The predicted octanol–water partition coefficient (Wildman–Crippen LogP) is 4.44. The van der Waals surface area contributed by atoms with Crippen molar-refractivity contribution in [3.8, 4) is 11.3 Å². The maximum atomic E-state index is 4.58. The molecule has 1 heterocycles. The normalized spacial score (nSPS) is 10.5. The van der Waals surface area contributed by atoms with Gasteiger partial charge in [0.25, 0.3) is 0 Å². The standard InChI is InChI=1S/C11H10BrNS2/c1-14-7-11-13-10(6-15-11)8-2-4-9(12)5-3-8/h2-6H,7H2,1H3.